The van der Waals surface area contributed by atoms with Gasteiger partial charge in [0.25, 0.3) is 0 Å². The first kappa shape index (κ1) is 30.6. The summed E-state index contributed by atoms with van der Waals surface area (Å²) in [7, 11) is 0. The molecule has 0 radical (unpaired) electrons. The van der Waals surface area contributed by atoms with Crippen LogP contribution in [0, 0.1) is 0 Å². The van der Waals surface area contributed by atoms with Gasteiger partial charge in [-0.15, -0.1) is 0 Å². The fraction of sp³-hybridized carbons (Fsp3) is 0.158. The monoisotopic (exact) mass is 612 g/mol. The van der Waals surface area contributed by atoms with Crippen LogP contribution in [-0.4, -0.2) is 61.5 Å². The van der Waals surface area contributed by atoms with Crippen LogP contribution in [0.4, 0.5) is 0 Å². The molecule has 0 N–H and O–H groups in total. The second-order valence-electron chi connectivity index (χ2n) is 10.3. The van der Waals surface area contributed by atoms with E-state index in [0.717, 1.165) is 54.7 Å². The summed E-state index contributed by atoms with van der Waals surface area (Å²) in [6.07, 6.45) is 6.40. The van der Waals surface area contributed by atoms with Gasteiger partial charge < -0.3 is 18.9 Å². The van der Waals surface area contributed by atoms with Crippen LogP contribution in [0.1, 0.15) is 11.1 Å². The van der Waals surface area contributed by atoms with Crippen molar-refractivity contribution in [2.75, 3.05) is 39.6 Å². The van der Waals surface area contributed by atoms with Crippen LogP contribution in [0.5, 0.6) is 0 Å². The number of benzene rings is 4. The van der Waals surface area contributed by atoms with E-state index in [-0.39, 0.29) is 26.4 Å². The molecule has 2 heterocycles. The molecule has 8 nitrogen and oxygen atoms in total. The maximum atomic E-state index is 12.3. The van der Waals surface area contributed by atoms with Gasteiger partial charge in [0.05, 0.1) is 48.5 Å². The molecular formula is C38H32N2O6. The Bertz CT molecular complexity index is 1810. The number of fused-ring (bicyclic) bond motifs is 4. The largest absolute Gasteiger partial charge is 0.460 e. The van der Waals surface area contributed by atoms with Gasteiger partial charge >= 0.3 is 11.9 Å². The lowest BCUT2D eigenvalue weighted by atomic mass is 10.0. The Balaban J connectivity index is 0.880. The highest BCUT2D eigenvalue weighted by Crippen LogP contribution is 2.28. The average Bonchev–Trinajstić information content (AvgIpc) is 3.09. The van der Waals surface area contributed by atoms with Crippen molar-refractivity contribution in [1.29, 1.82) is 0 Å². The van der Waals surface area contributed by atoms with Gasteiger partial charge in [0.1, 0.15) is 13.2 Å². The molecule has 230 valence electrons. The van der Waals surface area contributed by atoms with Crippen molar-refractivity contribution in [3.05, 3.63) is 120 Å². The van der Waals surface area contributed by atoms with Crippen molar-refractivity contribution in [2.24, 2.45) is 0 Å². The molecule has 0 aliphatic heterocycles. The number of nitrogens with zero attached hydrogens (tertiary/aromatic N) is 2. The first-order valence-corrected chi connectivity index (χ1v) is 15.1. The first-order valence-electron chi connectivity index (χ1n) is 15.1. The maximum Gasteiger partial charge on any atom is 0.330 e. The summed E-state index contributed by atoms with van der Waals surface area (Å²) in [5.41, 5.74) is 5.30. The fourth-order valence-electron chi connectivity index (χ4n) is 5.23. The average molecular weight is 613 g/mol. The van der Waals surface area contributed by atoms with Gasteiger partial charge in [0.15, 0.2) is 0 Å². The molecule has 0 unspecified atom stereocenters. The number of ether oxygens (including phenoxy) is 4. The number of hydrogen-bond donors (Lipinski definition) is 0. The number of para-hydroxylation sites is 4. The van der Waals surface area contributed by atoms with E-state index in [9.17, 15) is 9.59 Å². The standard InChI is InChI=1S/C38H32N2O6/c41-37(19-17-27-29-9-1-5-13-33(29)39-34-14-6-2-10-30(27)34)45-25-23-43-21-22-44-24-26-46-38(42)20-18-28-31-11-3-7-15-35(31)40-36-16-8-4-12-32(28)36/h1-20H,21-26H2. The molecule has 0 aliphatic rings. The van der Waals surface area contributed by atoms with Crippen LogP contribution in [0.3, 0.4) is 0 Å². The predicted octanol–water partition coefficient (Wildman–Crippen LogP) is 6.94. The molecular weight excluding hydrogens is 580 g/mol. The molecule has 0 bridgehead atoms. The smallest absolute Gasteiger partial charge is 0.330 e. The summed E-state index contributed by atoms with van der Waals surface area (Å²) in [4.78, 5) is 34.1. The Kier molecular flexibility index (Phi) is 9.99. The number of aromatic nitrogens is 2. The van der Waals surface area contributed by atoms with E-state index in [1.807, 2.05) is 97.1 Å². The summed E-state index contributed by atoms with van der Waals surface area (Å²) in [5.74, 6) is -0.906. The number of hydrogen-bond acceptors (Lipinski definition) is 8. The van der Waals surface area contributed by atoms with Gasteiger partial charge in [-0.05, 0) is 47.5 Å². The lowest BCUT2D eigenvalue weighted by Gasteiger charge is -2.08. The van der Waals surface area contributed by atoms with Crippen molar-refractivity contribution < 1.29 is 28.5 Å². The third kappa shape index (κ3) is 7.43. The molecule has 6 rings (SSSR count). The zero-order valence-electron chi connectivity index (χ0n) is 25.1. The molecule has 2 aromatic heterocycles. The van der Waals surface area contributed by atoms with E-state index in [1.54, 1.807) is 12.2 Å². The Morgan fingerprint density at radius 3 is 1.11 bits per heavy atom. The molecule has 4 aromatic carbocycles. The van der Waals surface area contributed by atoms with Crippen molar-refractivity contribution in [3.63, 3.8) is 0 Å². The highest BCUT2D eigenvalue weighted by atomic mass is 16.6. The summed E-state index contributed by atoms with van der Waals surface area (Å²) < 4.78 is 21.6. The minimum Gasteiger partial charge on any atom is -0.460 e. The molecule has 0 aliphatic carbocycles. The highest BCUT2D eigenvalue weighted by molar-refractivity contribution is 6.05. The SMILES string of the molecule is O=C(C=Cc1c2ccccc2nc2ccccc12)OCCOCCOCCOC(=O)C=Cc1c2ccccc2nc2ccccc12. The van der Waals surface area contributed by atoms with Crippen LogP contribution < -0.4 is 0 Å². The van der Waals surface area contributed by atoms with Gasteiger partial charge in [-0.25, -0.2) is 19.6 Å². The Morgan fingerprint density at radius 2 is 0.761 bits per heavy atom. The van der Waals surface area contributed by atoms with Crippen molar-refractivity contribution in [3.8, 4) is 0 Å². The number of carbonyl (C=O) groups excluding carboxylic acids is 2. The van der Waals surface area contributed by atoms with Gasteiger partial charge in [0.2, 0.25) is 0 Å². The van der Waals surface area contributed by atoms with Crippen LogP contribution in [-0.2, 0) is 28.5 Å². The fourth-order valence-corrected chi connectivity index (χ4v) is 5.23. The van der Waals surface area contributed by atoms with E-state index in [4.69, 9.17) is 28.9 Å². The van der Waals surface area contributed by atoms with Gasteiger partial charge in [0, 0.05) is 33.7 Å². The maximum absolute atomic E-state index is 12.3. The van der Waals surface area contributed by atoms with Crippen LogP contribution in [0.25, 0.3) is 55.8 Å². The molecule has 0 amide bonds. The molecule has 0 fully saturated rings. The van der Waals surface area contributed by atoms with E-state index < -0.39 is 11.9 Å². The summed E-state index contributed by atoms with van der Waals surface area (Å²) >= 11 is 0. The van der Waals surface area contributed by atoms with E-state index in [1.165, 1.54) is 12.2 Å². The number of rotatable bonds is 13. The summed E-state index contributed by atoms with van der Waals surface area (Å²) in [5, 5.41) is 3.86. The van der Waals surface area contributed by atoms with Crippen molar-refractivity contribution in [2.45, 2.75) is 0 Å². The van der Waals surface area contributed by atoms with E-state index in [0.29, 0.717) is 13.2 Å². The predicted molar refractivity (Wildman–Crippen MR) is 180 cm³/mol. The van der Waals surface area contributed by atoms with Gasteiger partial charge in [-0.3, -0.25) is 0 Å². The van der Waals surface area contributed by atoms with Crippen LogP contribution >= 0.6 is 0 Å². The van der Waals surface area contributed by atoms with Crippen LogP contribution in [0.15, 0.2) is 109 Å². The lowest BCUT2D eigenvalue weighted by Crippen LogP contribution is -2.14. The third-order valence-electron chi connectivity index (χ3n) is 7.35. The molecule has 8 heteroatoms. The number of pyridine rings is 2. The number of esters is 2. The van der Waals surface area contributed by atoms with E-state index in [2.05, 4.69) is 0 Å². The molecule has 6 aromatic rings. The van der Waals surface area contributed by atoms with Crippen molar-refractivity contribution >= 4 is 67.7 Å². The Labute approximate surface area is 265 Å². The zero-order chi connectivity index (χ0) is 31.6. The number of carbonyl (C=O) groups is 2. The third-order valence-corrected chi connectivity index (χ3v) is 7.35. The summed E-state index contributed by atoms with van der Waals surface area (Å²) in [6.45, 7) is 1.35. The minimum absolute atomic E-state index is 0.118. The van der Waals surface area contributed by atoms with Gasteiger partial charge in [-0.1, -0.05) is 72.8 Å². The lowest BCUT2D eigenvalue weighted by molar-refractivity contribution is -0.141. The topological polar surface area (TPSA) is 96.8 Å². The molecule has 0 atom stereocenters. The molecule has 0 saturated carbocycles. The highest BCUT2D eigenvalue weighted by Gasteiger charge is 2.09. The normalized spacial score (nSPS) is 11.7. The summed E-state index contributed by atoms with van der Waals surface area (Å²) in [6, 6.07) is 31.4. The zero-order valence-corrected chi connectivity index (χ0v) is 25.1. The van der Waals surface area contributed by atoms with E-state index >= 15 is 0 Å². The Morgan fingerprint density at radius 1 is 0.457 bits per heavy atom. The molecule has 46 heavy (non-hydrogen) atoms. The molecule has 0 spiro atoms. The quantitative estimate of drug-likeness (QED) is 0.0599. The van der Waals surface area contributed by atoms with Crippen LogP contribution in [0.2, 0.25) is 0 Å². The minimum atomic E-state index is -0.453. The van der Waals surface area contributed by atoms with Gasteiger partial charge in [-0.2, -0.15) is 0 Å². The molecule has 0 saturated heterocycles. The second kappa shape index (κ2) is 15.0. The first-order chi connectivity index (χ1) is 22.7. The Hall–Kier alpha value is -5.44. The van der Waals surface area contributed by atoms with Crippen molar-refractivity contribution in [1.82, 2.24) is 9.97 Å². The second-order valence-corrected chi connectivity index (χ2v) is 10.3.